The normalized spacial score (nSPS) is 10.8. The summed E-state index contributed by atoms with van der Waals surface area (Å²) in [7, 11) is 0. The van der Waals surface area contributed by atoms with Crippen molar-refractivity contribution in [3.05, 3.63) is 84.4 Å². The van der Waals surface area contributed by atoms with E-state index in [1.807, 2.05) is 66.7 Å². The molecule has 0 aliphatic heterocycles. The summed E-state index contributed by atoms with van der Waals surface area (Å²) in [5.74, 6) is 1.39. The van der Waals surface area contributed by atoms with Crippen LogP contribution in [0.15, 0.2) is 78.9 Å². The molecule has 0 fully saturated rings. The molecule has 0 spiro atoms. The SMILES string of the molecule is O=Cc1c(OCCOc2ccc3ccccc3c2)ccc2ccccc12. The van der Waals surface area contributed by atoms with Gasteiger partial charge in [0.2, 0.25) is 0 Å². The maximum Gasteiger partial charge on any atom is 0.154 e. The monoisotopic (exact) mass is 342 g/mol. The smallest absolute Gasteiger partial charge is 0.154 e. The number of fused-ring (bicyclic) bond motifs is 2. The van der Waals surface area contributed by atoms with Gasteiger partial charge in [0.25, 0.3) is 0 Å². The molecule has 0 atom stereocenters. The molecule has 0 unspecified atom stereocenters. The van der Waals surface area contributed by atoms with Crippen molar-refractivity contribution >= 4 is 27.8 Å². The predicted molar refractivity (Wildman–Crippen MR) is 104 cm³/mol. The van der Waals surface area contributed by atoms with Crippen molar-refractivity contribution in [2.24, 2.45) is 0 Å². The highest BCUT2D eigenvalue weighted by Crippen LogP contribution is 2.26. The largest absolute Gasteiger partial charge is 0.490 e. The molecular formula is C23H18O3. The van der Waals surface area contributed by atoms with Gasteiger partial charge in [-0.1, -0.05) is 60.7 Å². The number of carbonyl (C=O) groups excluding carboxylic acids is 1. The molecule has 3 heteroatoms. The molecule has 0 aliphatic carbocycles. The highest BCUT2D eigenvalue weighted by atomic mass is 16.5. The minimum Gasteiger partial charge on any atom is -0.490 e. The van der Waals surface area contributed by atoms with Gasteiger partial charge in [0.05, 0.1) is 5.56 Å². The van der Waals surface area contributed by atoms with Crippen LogP contribution in [0.25, 0.3) is 21.5 Å². The topological polar surface area (TPSA) is 35.5 Å². The van der Waals surface area contributed by atoms with Crippen LogP contribution in [-0.4, -0.2) is 19.5 Å². The second kappa shape index (κ2) is 7.28. The molecule has 0 amide bonds. The van der Waals surface area contributed by atoms with Gasteiger partial charge in [-0.2, -0.15) is 0 Å². The zero-order chi connectivity index (χ0) is 17.8. The summed E-state index contributed by atoms with van der Waals surface area (Å²) < 4.78 is 11.6. The Kier molecular flexibility index (Phi) is 4.52. The second-order valence-electron chi connectivity index (χ2n) is 6.02. The summed E-state index contributed by atoms with van der Waals surface area (Å²) in [6, 6.07) is 25.7. The van der Waals surface area contributed by atoms with Crippen LogP contribution in [-0.2, 0) is 0 Å². The number of aldehydes is 1. The van der Waals surface area contributed by atoms with Gasteiger partial charge < -0.3 is 9.47 Å². The number of ether oxygens (including phenoxy) is 2. The Hall–Kier alpha value is -3.33. The molecule has 4 rings (SSSR count). The maximum absolute atomic E-state index is 11.5. The van der Waals surface area contributed by atoms with Crippen LogP contribution < -0.4 is 9.47 Å². The van der Waals surface area contributed by atoms with E-state index in [4.69, 9.17) is 9.47 Å². The molecule has 0 N–H and O–H groups in total. The van der Waals surface area contributed by atoms with Gasteiger partial charge in [0.15, 0.2) is 6.29 Å². The van der Waals surface area contributed by atoms with Crippen LogP contribution in [0.2, 0.25) is 0 Å². The number of hydrogen-bond acceptors (Lipinski definition) is 3. The van der Waals surface area contributed by atoms with Gasteiger partial charge >= 0.3 is 0 Å². The van der Waals surface area contributed by atoms with Crippen molar-refractivity contribution in [3.8, 4) is 11.5 Å². The zero-order valence-electron chi connectivity index (χ0n) is 14.2. The summed E-state index contributed by atoms with van der Waals surface area (Å²) in [4.78, 5) is 11.5. The lowest BCUT2D eigenvalue weighted by Gasteiger charge is -2.12. The average molecular weight is 342 g/mol. The second-order valence-corrected chi connectivity index (χ2v) is 6.02. The fourth-order valence-electron chi connectivity index (χ4n) is 3.09. The van der Waals surface area contributed by atoms with Crippen LogP contribution in [0.4, 0.5) is 0 Å². The first kappa shape index (κ1) is 16.2. The fourth-order valence-corrected chi connectivity index (χ4v) is 3.09. The third kappa shape index (κ3) is 3.24. The van der Waals surface area contributed by atoms with E-state index in [0.717, 1.165) is 28.2 Å². The van der Waals surface area contributed by atoms with Crippen molar-refractivity contribution in [1.82, 2.24) is 0 Å². The first-order valence-corrected chi connectivity index (χ1v) is 8.56. The van der Waals surface area contributed by atoms with Gasteiger partial charge in [0, 0.05) is 0 Å². The van der Waals surface area contributed by atoms with Gasteiger partial charge in [-0.25, -0.2) is 0 Å². The van der Waals surface area contributed by atoms with Gasteiger partial charge in [-0.05, 0) is 39.7 Å². The molecule has 0 aliphatic rings. The lowest BCUT2D eigenvalue weighted by molar-refractivity contribution is 0.112. The van der Waals surface area contributed by atoms with Crippen LogP contribution in [0, 0.1) is 0 Å². The highest BCUT2D eigenvalue weighted by molar-refractivity contribution is 6.00. The van der Waals surface area contributed by atoms with E-state index in [0.29, 0.717) is 24.5 Å². The van der Waals surface area contributed by atoms with E-state index in [9.17, 15) is 4.79 Å². The van der Waals surface area contributed by atoms with Gasteiger partial charge in [0.1, 0.15) is 24.7 Å². The Labute approximate surface area is 151 Å². The lowest BCUT2D eigenvalue weighted by Crippen LogP contribution is -2.10. The molecule has 4 aromatic rings. The van der Waals surface area contributed by atoms with E-state index in [1.165, 1.54) is 5.39 Å². The minimum absolute atomic E-state index is 0.367. The van der Waals surface area contributed by atoms with Crippen molar-refractivity contribution in [1.29, 1.82) is 0 Å². The van der Waals surface area contributed by atoms with E-state index in [1.54, 1.807) is 0 Å². The van der Waals surface area contributed by atoms with Crippen LogP contribution in [0.3, 0.4) is 0 Å². The predicted octanol–water partition coefficient (Wildman–Crippen LogP) is 5.26. The number of hydrogen-bond donors (Lipinski definition) is 0. The Morgan fingerprint density at radius 1 is 0.692 bits per heavy atom. The minimum atomic E-state index is 0.367. The Bertz CT molecular complexity index is 1070. The maximum atomic E-state index is 11.5. The molecule has 0 saturated carbocycles. The number of rotatable bonds is 6. The molecule has 128 valence electrons. The van der Waals surface area contributed by atoms with Crippen molar-refractivity contribution in [3.63, 3.8) is 0 Å². The van der Waals surface area contributed by atoms with Crippen molar-refractivity contribution in [2.75, 3.05) is 13.2 Å². The number of carbonyl (C=O) groups is 1. The highest BCUT2D eigenvalue weighted by Gasteiger charge is 2.08. The Morgan fingerprint density at radius 3 is 2.23 bits per heavy atom. The quantitative estimate of drug-likeness (QED) is 0.354. The van der Waals surface area contributed by atoms with Crippen LogP contribution in [0.1, 0.15) is 10.4 Å². The van der Waals surface area contributed by atoms with Crippen LogP contribution >= 0.6 is 0 Å². The van der Waals surface area contributed by atoms with E-state index < -0.39 is 0 Å². The zero-order valence-corrected chi connectivity index (χ0v) is 14.2. The third-order valence-corrected chi connectivity index (χ3v) is 4.38. The lowest BCUT2D eigenvalue weighted by atomic mass is 10.0. The summed E-state index contributed by atoms with van der Waals surface area (Å²) in [6.07, 6.45) is 0.849. The molecular weight excluding hydrogens is 324 g/mol. The summed E-state index contributed by atoms with van der Waals surface area (Å²) in [5.41, 5.74) is 0.578. The molecule has 3 nitrogen and oxygen atoms in total. The van der Waals surface area contributed by atoms with E-state index >= 15 is 0 Å². The molecule has 4 aromatic carbocycles. The molecule has 0 saturated heterocycles. The van der Waals surface area contributed by atoms with Gasteiger partial charge in [-0.3, -0.25) is 4.79 Å². The molecule has 26 heavy (non-hydrogen) atoms. The van der Waals surface area contributed by atoms with Crippen LogP contribution in [0.5, 0.6) is 11.5 Å². The van der Waals surface area contributed by atoms with Crippen molar-refractivity contribution < 1.29 is 14.3 Å². The van der Waals surface area contributed by atoms with E-state index in [2.05, 4.69) is 12.1 Å². The molecule has 0 radical (unpaired) electrons. The first-order valence-electron chi connectivity index (χ1n) is 8.56. The molecule has 0 aromatic heterocycles. The molecule has 0 bridgehead atoms. The van der Waals surface area contributed by atoms with Gasteiger partial charge in [-0.15, -0.1) is 0 Å². The van der Waals surface area contributed by atoms with Crippen molar-refractivity contribution in [2.45, 2.75) is 0 Å². The average Bonchev–Trinajstić information content (AvgIpc) is 2.70. The van der Waals surface area contributed by atoms with E-state index in [-0.39, 0.29) is 0 Å². The summed E-state index contributed by atoms with van der Waals surface area (Å²) in [5, 5.41) is 4.25. The first-order chi connectivity index (χ1) is 12.8. The summed E-state index contributed by atoms with van der Waals surface area (Å²) >= 11 is 0. The number of benzene rings is 4. The summed E-state index contributed by atoms with van der Waals surface area (Å²) in [6.45, 7) is 0.773. The Morgan fingerprint density at radius 2 is 1.38 bits per heavy atom. The Balaban J connectivity index is 1.43. The standard InChI is InChI=1S/C23H18O3/c24-16-22-21-8-4-3-6-18(21)10-12-23(22)26-14-13-25-20-11-9-17-5-1-2-7-19(17)15-20/h1-12,15-16H,13-14H2. The fraction of sp³-hybridized carbons (Fsp3) is 0.0870. The molecule has 0 heterocycles. The third-order valence-electron chi connectivity index (χ3n) is 4.38.